The highest BCUT2D eigenvalue weighted by Gasteiger charge is 2.15. The van der Waals surface area contributed by atoms with Crippen molar-refractivity contribution in [1.29, 1.82) is 0 Å². The Morgan fingerprint density at radius 1 is 1.00 bits per heavy atom. The molecule has 0 aliphatic carbocycles. The highest BCUT2D eigenvalue weighted by molar-refractivity contribution is 5.96. The van der Waals surface area contributed by atoms with Gasteiger partial charge in [-0.1, -0.05) is 31.2 Å². The number of hydrogen-bond donors (Lipinski definition) is 1. The molecule has 3 aromatic rings. The maximum Gasteiger partial charge on any atom is 0.253 e. The highest BCUT2D eigenvalue weighted by atomic mass is 16.2. The van der Waals surface area contributed by atoms with Crippen LogP contribution < -0.4 is 5.73 Å². The zero-order chi connectivity index (χ0) is 21.3. The normalized spacial score (nSPS) is 10.7. The first kappa shape index (κ1) is 21.3. The van der Waals surface area contributed by atoms with E-state index in [0.717, 1.165) is 50.0 Å². The van der Waals surface area contributed by atoms with E-state index in [1.54, 1.807) is 18.3 Å². The SMILES string of the molecule is CCCN(CCCCn1ccnc1)C(=O)c1cccc(-c2ccc(C(N)=O)cc2)c1. The minimum atomic E-state index is -0.450. The molecule has 0 spiro atoms. The predicted octanol–water partition coefficient (Wildman–Crippen LogP) is 3.98. The fraction of sp³-hybridized carbons (Fsp3) is 0.292. The number of aryl methyl sites for hydroxylation is 1. The van der Waals surface area contributed by atoms with E-state index in [1.807, 2.05) is 53.8 Å². The van der Waals surface area contributed by atoms with Crippen molar-refractivity contribution in [3.05, 3.63) is 78.4 Å². The standard InChI is InChI=1S/C24H28N4O2/c1-2-13-28(15-4-3-14-27-16-12-26-18-27)24(30)22-7-5-6-21(17-22)19-8-10-20(11-9-19)23(25)29/h5-12,16-18H,2-4,13-15H2,1H3,(H2,25,29). The van der Waals surface area contributed by atoms with Crippen LogP contribution in [0.4, 0.5) is 0 Å². The highest BCUT2D eigenvalue weighted by Crippen LogP contribution is 2.22. The van der Waals surface area contributed by atoms with Gasteiger partial charge in [0.15, 0.2) is 0 Å². The van der Waals surface area contributed by atoms with Crippen LogP contribution in [-0.4, -0.2) is 39.4 Å². The minimum absolute atomic E-state index is 0.0510. The van der Waals surface area contributed by atoms with Gasteiger partial charge in [0.05, 0.1) is 6.33 Å². The van der Waals surface area contributed by atoms with Crippen LogP contribution in [0.25, 0.3) is 11.1 Å². The molecule has 6 heteroatoms. The predicted molar refractivity (Wildman–Crippen MR) is 118 cm³/mol. The Balaban J connectivity index is 1.66. The lowest BCUT2D eigenvalue weighted by molar-refractivity contribution is 0.0752. The number of benzene rings is 2. The quantitative estimate of drug-likeness (QED) is 0.519. The van der Waals surface area contributed by atoms with Gasteiger partial charge in [-0.3, -0.25) is 9.59 Å². The Labute approximate surface area is 177 Å². The van der Waals surface area contributed by atoms with Crippen molar-refractivity contribution in [2.45, 2.75) is 32.7 Å². The largest absolute Gasteiger partial charge is 0.366 e. The third-order valence-corrected chi connectivity index (χ3v) is 5.05. The number of carbonyl (C=O) groups excluding carboxylic acids is 2. The molecule has 6 nitrogen and oxygen atoms in total. The number of hydrogen-bond acceptors (Lipinski definition) is 3. The maximum atomic E-state index is 13.1. The topological polar surface area (TPSA) is 81.2 Å². The fourth-order valence-electron chi connectivity index (χ4n) is 3.44. The Hall–Kier alpha value is -3.41. The van der Waals surface area contributed by atoms with Crippen LogP contribution in [0, 0.1) is 0 Å². The molecule has 0 aliphatic rings. The average molecular weight is 405 g/mol. The van der Waals surface area contributed by atoms with Crippen LogP contribution in [0.15, 0.2) is 67.3 Å². The second-order valence-corrected chi connectivity index (χ2v) is 7.32. The van der Waals surface area contributed by atoms with Crippen molar-refractivity contribution < 1.29 is 9.59 Å². The molecule has 0 aliphatic heterocycles. The fourth-order valence-corrected chi connectivity index (χ4v) is 3.44. The molecule has 0 radical (unpaired) electrons. The molecule has 0 atom stereocenters. The summed E-state index contributed by atoms with van der Waals surface area (Å²) in [5.41, 5.74) is 8.34. The van der Waals surface area contributed by atoms with Crippen molar-refractivity contribution in [3.63, 3.8) is 0 Å². The van der Waals surface area contributed by atoms with Crippen molar-refractivity contribution in [2.24, 2.45) is 5.73 Å². The summed E-state index contributed by atoms with van der Waals surface area (Å²) in [6.07, 6.45) is 8.41. The summed E-state index contributed by atoms with van der Waals surface area (Å²) in [7, 11) is 0. The first-order chi connectivity index (χ1) is 14.6. The van der Waals surface area contributed by atoms with Gasteiger partial charge in [0.2, 0.25) is 5.91 Å². The molecule has 0 saturated heterocycles. The maximum absolute atomic E-state index is 13.1. The summed E-state index contributed by atoms with van der Waals surface area (Å²) in [5.74, 6) is -0.399. The van der Waals surface area contributed by atoms with Crippen LogP contribution in [0.1, 0.15) is 46.9 Å². The molecule has 0 saturated carbocycles. The van der Waals surface area contributed by atoms with Crippen LogP contribution in [-0.2, 0) is 6.54 Å². The number of nitrogens with two attached hydrogens (primary N) is 1. The van der Waals surface area contributed by atoms with Gasteiger partial charge < -0.3 is 15.2 Å². The summed E-state index contributed by atoms with van der Waals surface area (Å²) in [5, 5.41) is 0. The van der Waals surface area contributed by atoms with E-state index in [9.17, 15) is 9.59 Å². The van der Waals surface area contributed by atoms with Crippen LogP contribution in [0.3, 0.4) is 0 Å². The van der Waals surface area contributed by atoms with Gasteiger partial charge >= 0.3 is 0 Å². The van der Waals surface area contributed by atoms with Crippen LogP contribution in [0.5, 0.6) is 0 Å². The molecular weight excluding hydrogens is 376 g/mol. The van der Waals surface area contributed by atoms with E-state index >= 15 is 0 Å². The molecule has 0 fully saturated rings. The van der Waals surface area contributed by atoms with Crippen LogP contribution in [0.2, 0.25) is 0 Å². The lowest BCUT2D eigenvalue weighted by atomic mass is 10.0. The molecule has 1 heterocycles. The molecule has 3 rings (SSSR count). The molecule has 30 heavy (non-hydrogen) atoms. The van der Waals surface area contributed by atoms with Crippen molar-refractivity contribution in [3.8, 4) is 11.1 Å². The number of carbonyl (C=O) groups is 2. The van der Waals surface area contributed by atoms with Gasteiger partial charge in [-0.2, -0.15) is 0 Å². The smallest absolute Gasteiger partial charge is 0.253 e. The molecule has 2 N–H and O–H groups in total. The Morgan fingerprint density at radius 3 is 2.47 bits per heavy atom. The number of nitrogens with zero attached hydrogens (tertiary/aromatic N) is 3. The van der Waals surface area contributed by atoms with E-state index in [4.69, 9.17) is 5.73 Å². The number of amides is 2. The summed E-state index contributed by atoms with van der Waals surface area (Å²) < 4.78 is 2.05. The minimum Gasteiger partial charge on any atom is -0.366 e. The summed E-state index contributed by atoms with van der Waals surface area (Å²) in [6.45, 7) is 4.47. The van der Waals surface area contributed by atoms with Gasteiger partial charge in [-0.05, 0) is 54.7 Å². The van der Waals surface area contributed by atoms with E-state index in [0.29, 0.717) is 11.1 Å². The molecule has 156 valence electrons. The van der Waals surface area contributed by atoms with E-state index in [1.165, 1.54) is 0 Å². The molecular formula is C24H28N4O2. The lowest BCUT2D eigenvalue weighted by Crippen LogP contribution is -2.32. The zero-order valence-corrected chi connectivity index (χ0v) is 17.3. The lowest BCUT2D eigenvalue weighted by Gasteiger charge is -2.22. The number of rotatable bonds is 10. The van der Waals surface area contributed by atoms with Crippen molar-refractivity contribution in [2.75, 3.05) is 13.1 Å². The van der Waals surface area contributed by atoms with Crippen LogP contribution >= 0.6 is 0 Å². The average Bonchev–Trinajstić information content (AvgIpc) is 3.29. The molecule has 2 amide bonds. The molecule has 0 unspecified atom stereocenters. The molecule has 2 aromatic carbocycles. The van der Waals surface area contributed by atoms with E-state index in [2.05, 4.69) is 16.5 Å². The summed E-state index contributed by atoms with van der Waals surface area (Å²) >= 11 is 0. The van der Waals surface area contributed by atoms with Crippen molar-refractivity contribution >= 4 is 11.8 Å². The summed E-state index contributed by atoms with van der Waals surface area (Å²) in [4.78, 5) is 30.4. The van der Waals surface area contributed by atoms with Gasteiger partial charge in [0.1, 0.15) is 0 Å². The molecule has 0 bridgehead atoms. The van der Waals surface area contributed by atoms with Gasteiger partial charge in [-0.25, -0.2) is 4.98 Å². The summed E-state index contributed by atoms with van der Waals surface area (Å²) in [6, 6.07) is 14.7. The van der Waals surface area contributed by atoms with Crippen molar-refractivity contribution in [1.82, 2.24) is 14.5 Å². The third kappa shape index (κ3) is 5.56. The first-order valence-corrected chi connectivity index (χ1v) is 10.3. The Bertz CT molecular complexity index is 965. The van der Waals surface area contributed by atoms with Gasteiger partial charge in [-0.15, -0.1) is 0 Å². The monoisotopic (exact) mass is 404 g/mol. The molecule has 1 aromatic heterocycles. The van der Waals surface area contributed by atoms with E-state index < -0.39 is 5.91 Å². The van der Waals surface area contributed by atoms with E-state index in [-0.39, 0.29) is 5.91 Å². The number of aromatic nitrogens is 2. The Morgan fingerprint density at radius 2 is 1.80 bits per heavy atom. The second-order valence-electron chi connectivity index (χ2n) is 7.32. The third-order valence-electron chi connectivity index (χ3n) is 5.05. The number of imidazole rings is 1. The Kier molecular flexibility index (Phi) is 7.38. The zero-order valence-electron chi connectivity index (χ0n) is 17.3. The van der Waals surface area contributed by atoms with Gasteiger partial charge in [0.25, 0.3) is 5.91 Å². The number of primary amides is 1. The second kappa shape index (κ2) is 10.4. The van der Waals surface area contributed by atoms with Gasteiger partial charge in [0, 0.05) is 43.2 Å². The number of unbranched alkanes of at least 4 members (excludes halogenated alkanes) is 1. The first-order valence-electron chi connectivity index (χ1n) is 10.3.